The van der Waals surface area contributed by atoms with Crippen LogP contribution >= 0.6 is 11.3 Å². The Hall–Kier alpha value is -1.20. The first-order valence-electron chi connectivity index (χ1n) is 6.99. The van der Waals surface area contributed by atoms with Gasteiger partial charge in [0.1, 0.15) is 10.7 Å². The minimum atomic E-state index is -0.115. The maximum Gasteiger partial charge on any atom is 0.273 e. The van der Waals surface area contributed by atoms with E-state index in [-0.39, 0.29) is 17.4 Å². The number of nitrogens with two attached hydrogens (primary N) is 1. The summed E-state index contributed by atoms with van der Waals surface area (Å²) in [4.78, 5) is 18.6. The van der Waals surface area contributed by atoms with E-state index in [0.717, 1.165) is 18.0 Å². The monoisotopic (exact) mass is 293 g/mol. The highest BCUT2D eigenvalue weighted by atomic mass is 32.1. The number of carbonyl (C=O) groups excluding carboxylic acids is 1. The summed E-state index contributed by atoms with van der Waals surface area (Å²) in [5.74, 6) is 0.0114. The quantitative estimate of drug-likeness (QED) is 0.853. The molecule has 0 aromatic carbocycles. The Morgan fingerprint density at radius 3 is 2.65 bits per heavy atom. The summed E-state index contributed by atoms with van der Waals surface area (Å²) in [6.07, 6.45) is 3.12. The number of nitrogens with zero attached hydrogens (tertiary/aromatic N) is 2. The van der Waals surface area contributed by atoms with Crippen LogP contribution in [0.15, 0.2) is 17.0 Å². The van der Waals surface area contributed by atoms with Crippen molar-refractivity contribution in [3.63, 3.8) is 0 Å². The summed E-state index contributed by atoms with van der Waals surface area (Å²) >= 11 is 1.46. The number of rotatable bonds is 2. The van der Waals surface area contributed by atoms with E-state index < -0.39 is 0 Å². The van der Waals surface area contributed by atoms with Crippen LogP contribution in [0.3, 0.4) is 0 Å². The Morgan fingerprint density at radius 2 is 2.20 bits per heavy atom. The number of hydrogen-bond acceptors (Lipinski definition) is 4. The molecule has 0 saturated carbocycles. The molecule has 1 amide bonds. The molecule has 0 radical (unpaired) electrons. The largest absolute Gasteiger partial charge is 0.333 e. The van der Waals surface area contributed by atoms with Crippen LogP contribution in [0.2, 0.25) is 0 Å². The molecule has 1 unspecified atom stereocenters. The minimum Gasteiger partial charge on any atom is -0.333 e. The Labute approximate surface area is 124 Å². The molecule has 0 aliphatic carbocycles. The summed E-state index contributed by atoms with van der Waals surface area (Å²) in [6, 6.07) is -0.115. The smallest absolute Gasteiger partial charge is 0.273 e. The molecular weight excluding hydrogens is 270 g/mol. The fourth-order valence-electron chi connectivity index (χ4n) is 2.29. The normalized spacial score (nSPS) is 17.9. The van der Waals surface area contributed by atoms with Crippen molar-refractivity contribution in [2.75, 3.05) is 13.1 Å². The molecule has 1 aromatic rings. The van der Waals surface area contributed by atoms with Gasteiger partial charge in [0.25, 0.3) is 5.91 Å². The van der Waals surface area contributed by atoms with Crippen molar-refractivity contribution in [2.45, 2.75) is 40.2 Å². The Morgan fingerprint density at radius 1 is 1.50 bits per heavy atom. The van der Waals surface area contributed by atoms with Gasteiger partial charge >= 0.3 is 0 Å². The van der Waals surface area contributed by atoms with Gasteiger partial charge in [0.15, 0.2) is 0 Å². The minimum absolute atomic E-state index is 0.0114. The highest BCUT2D eigenvalue weighted by Gasteiger charge is 2.25. The second-order valence-electron chi connectivity index (χ2n) is 6.34. The molecule has 4 nitrogen and oxygen atoms in total. The van der Waals surface area contributed by atoms with Crippen molar-refractivity contribution in [1.29, 1.82) is 0 Å². The predicted octanol–water partition coefficient (Wildman–Crippen LogP) is 2.98. The molecule has 2 rings (SSSR count). The summed E-state index contributed by atoms with van der Waals surface area (Å²) in [5.41, 5.74) is 7.93. The van der Waals surface area contributed by atoms with Crippen LogP contribution in [0.5, 0.6) is 0 Å². The molecule has 2 heterocycles. The van der Waals surface area contributed by atoms with Crippen molar-refractivity contribution in [1.82, 2.24) is 9.88 Å². The van der Waals surface area contributed by atoms with Crippen molar-refractivity contribution in [3.8, 4) is 0 Å². The maximum absolute atomic E-state index is 12.4. The lowest BCUT2D eigenvalue weighted by Gasteiger charge is -2.31. The van der Waals surface area contributed by atoms with E-state index in [0.29, 0.717) is 12.2 Å². The Kier molecular flexibility index (Phi) is 4.30. The number of amides is 1. The van der Waals surface area contributed by atoms with Gasteiger partial charge in [-0.25, -0.2) is 4.98 Å². The highest BCUT2D eigenvalue weighted by molar-refractivity contribution is 7.09. The van der Waals surface area contributed by atoms with E-state index in [9.17, 15) is 4.79 Å². The molecule has 0 saturated heterocycles. The molecule has 1 aliphatic heterocycles. The lowest BCUT2D eigenvalue weighted by molar-refractivity contribution is 0.0759. The molecule has 0 spiro atoms. The first-order chi connectivity index (χ1) is 9.29. The third kappa shape index (κ3) is 3.27. The van der Waals surface area contributed by atoms with Crippen LogP contribution in [0.25, 0.3) is 0 Å². The van der Waals surface area contributed by atoms with Crippen LogP contribution in [-0.4, -0.2) is 28.9 Å². The molecule has 0 bridgehead atoms. The third-order valence-electron chi connectivity index (χ3n) is 3.59. The van der Waals surface area contributed by atoms with Crippen molar-refractivity contribution >= 4 is 17.2 Å². The summed E-state index contributed by atoms with van der Waals surface area (Å²) in [6.45, 7) is 9.97. The van der Waals surface area contributed by atoms with E-state index in [1.807, 2.05) is 17.2 Å². The van der Waals surface area contributed by atoms with Gasteiger partial charge in [-0.3, -0.25) is 4.79 Å². The fourth-order valence-corrected chi connectivity index (χ4v) is 3.04. The second kappa shape index (κ2) is 5.66. The van der Waals surface area contributed by atoms with E-state index >= 15 is 0 Å². The van der Waals surface area contributed by atoms with Gasteiger partial charge in [-0.1, -0.05) is 32.4 Å². The lowest BCUT2D eigenvalue weighted by atomic mass is 9.83. The number of carbonyl (C=O) groups is 1. The van der Waals surface area contributed by atoms with Crippen molar-refractivity contribution < 1.29 is 4.79 Å². The first-order valence-corrected chi connectivity index (χ1v) is 7.87. The molecule has 110 valence electrons. The molecule has 5 heteroatoms. The van der Waals surface area contributed by atoms with Gasteiger partial charge in [0.2, 0.25) is 0 Å². The first kappa shape index (κ1) is 15.2. The topological polar surface area (TPSA) is 59.2 Å². The molecule has 2 N–H and O–H groups in total. The molecular formula is C15H23N3OS. The average molecular weight is 293 g/mol. The fraction of sp³-hybridized carbons (Fsp3) is 0.600. The van der Waals surface area contributed by atoms with E-state index in [1.165, 1.54) is 16.9 Å². The average Bonchev–Trinajstić information content (AvgIpc) is 2.86. The molecule has 0 fully saturated rings. The zero-order chi connectivity index (χ0) is 14.9. The number of hydrogen-bond donors (Lipinski definition) is 1. The molecule has 1 atom stereocenters. The number of thiazole rings is 1. The van der Waals surface area contributed by atoms with Gasteiger partial charge in [0.05, 0.1) is 6.04 Å². The second-order valence-corrected chi connectivity index (χ2v) is 7.23. The van der Waals surface area contributed by atoms with Crippen LogP contribution in [0.1, 0.15) is 55.7 Å². The SMILES string of the molecule is CC(N)c1nc(C(=O)N2CC=C(C(C)(C)C)CC2)cs1. The zero-order valence-electron chi connectivity index (χ0n) is 12.6. The van der Waals surface area contributed by atoms with Crippen LogP contribution in [-0.2, 0) is 0 Å². The molecule has 1 aromatic heterocycles. The number of aromatic nitrogens is 1. The van der Waals surface area contributed by atoms with Crippen LogP contribution in [0, 0.1) is 5.41 Å². The maximum atomic E-state index is 12.4. The van der Waals surface area contributed by atoms with Gasteiger partial charge < -0.3 is 10.6 Å². The Balaban J connectivity index is 2.06. The van der Waals surface area contributed by atoms with E-state index in [1.54, 1.807) is 0 Å². The van der Waals surface area contributed by atoms with Crippen LogP contribution in [0.4, 0.5) is 0 Å². The summed E-state index contributed by atoms with van der Waals surface area (Å²) in [5, 5.41) is 2.63. The zero-order valence-corrected chi connectivity index (χ0v) is 13.5. The van der Waals surface area contributed by atoms with E-state index in [2.05, 4.69) is 31.8 Å². The van der Waals surface area contributed by atoms with Crippen molar-refractivity contribution in [3.05, 3.63) is 27.7 Å². The predicted molar refractivity (Wildman–Crippen MR) is 82.8 cm³/mol. The van der Waals surface area contributed by atoms with Gasteiger partial charge in [0, 0.05) is 18.5 Å². The van der Waals surface area contributed by atoms with Gasteiger partial charge in [-0.05, 0) is 18.8 Å². The standard InChI is InChI=1S/C15H23N3OS/c1-10(16)13-17-12(9-20-13)14(19)18-7-5-11(6-8-18)15(2,3)4/h5,9-10H,6-8,16H2,1-4H3. The summed E-state index contributed by atoms with van der Waals surface area (Å²) in [7, 11) is 0. The highest BCUT2D eigenvalue weighted by Crippen LogP contribution is 2.30. The Bertz CT molecular complexity index is 525. The molecule has 20 heavy (non-hydrogen) atoms. The lowest BCUT2D eigenvalue weighted by Crippen LogP contribution is -2.36. The summed E-state index contributed by atoms with van der Waals surface area (Å²) < 4.78 is 0. The van der Waals surface area contributed by atoms with Crippen molar-refractivity contribution in [2.24, 2.45) is 11.1 Å². The van der Waals surface area contributed by atoms with Crippen LogP contribution < -0.4 is 5.73 Å². The third-order valence-corrected chi connectivity index (χ3v) is 4.64. The van der Waals surface area contributed by atoms with Gasteiger partial charge in [-0.15, -0.1) is 11.3 Å². The van der Waals surface area contributed by atoms with E-state index in [4.69, 9.17) is 5.73 Å². The van der Waals surface area contributed by atoms with Gasteiger partial charge in [-0.2, -0.15) is 0 Å². The molecule has 1 aliphatic rings.